The van der Waals surface area contributed by atoms with Gasteiger partial charge in [-0.15, -0.1) is 0 Å². The van der Waals surface area contributed by atoms with Crippen molar-refractivity contribution in [3.63, 3.8) is 0 Å². The molecule has 1 aliphatic rings. The van der Waals surface area contributed by atoms with E-state index < -0.39 is 0 Å². The molecule has 45 heavy (non-hydrogen) atoms. The maximum absolute atomic E-state index is 5.12. The summed E-state index contributed by atoms with van der Waals surface area (Å²) in [5.41, 5.74) is 14.6. The zero-order chi connectivity index (χ0) is 30.4. The number of pyridine rings is 1. The van der Waals surface area contributed by atoms with E-state index in [2.05, 4.69) is 128 Å². The summed E-state index contributed by atoms with van der Waals surface area (Å²) in [7, 11) is 0. The van der Waals surface area contributed by atoms with Gasteiger partial charge in [-0.05, 0) is 63.7 Å². The molecule has 3 heteroatoms. The third-order valence-corrected chi connectivity index (χ3v) is 8.97. The summed E-state index contributed by atoms with van der Waals surface area (Å²) in [4.78, 5) is 14.6. The first-order valence-electron chi connectivity index (χ1n) is 15.4. The van der Waals surface area contributed by atoms with Crippen LogP contribution in [0.4, 0.5) is 0 Å². The highest BCUT2D eigenvalue weighted by Crippen LogP contribution is 2.49. The Labute approximate surface area is 264 Å². The van der Waals surface area contributed by atoms with Gasteiger partial charge >= 0.3 is 0 Å². The lowest BCUT2D eigenvalue weighted by Crippen LogP contribution is -2.14. The first kappa shape index (κ1) is 26.9. The number of hydrogen-bond donors (Lipinski definition) is 0. The summed E-state index contributed by atoms with van der Waals surface area (Å²) in [6.07, 6.45) is 1.82. The van der Waals surface area contributed by atoms with Gasteiger partial charge in [-0.2, -0.15) is 0 Å². The molecule has 0 unspecified atom stereocenters. The number of fused-ring (bicyclic) bond motifs is 3. The second kappa shape index (κ2) is 10.8. The van der Waals surface area contributed by atoms with Crippen LogP contribution < -0.4 is 0 Å². The zero-order valence-electron chi connectivity index (χ0n) is 25.3. The molecule has 7 aromatic rings. The van der Waals surface area contributed by atoms with E-state index >= 15 is 0 Å². The van der Waals surface area contributed by atoms with Gasteiger partial charge in [0, 0.05) is 33.9 Å². The zero-order valence-corrected chi connectivity index (χ0v) is 25.3. The summed E-state index contributed by atoms with van der Waals surface area (Å²) in [5, 5.41) is 0. The van der Waals surface area contributed by atoms with Crippen LogP contribution in [0.15, 0.2) is 152 Å². The van der Waals surface area contributed by atoms with Gasteiger partial charge < -0.3 is 0 Å². The van der Waals surface area contributed by atoms with Crippen molar-refractivity contribution in [1.82, 2.24) is 15.0 Å². The van der Waals surface area contributed by atoms with Crippen LogP contribution in [0.25, 0.3) is 67.4 Å². The lowest BCUT2D eigenvalue weighted by molar-refractivity contribution is 0.660. The molecule has 0 spiro atoms. The molecule has 0 N–H and O–H groups in total. The molecular weight excluding hydrogens is 546 g/mol. The normalized spacial score (nSPS) is 12.8. The van der Waals surface area contributed by atoms with Crippen molar-refractivity contribution in [3.8, 4) is 67.4 Å². The van der Waals surface area contributed by atoms with Crippen LogP contribution in [0.1, 0.15) is 25.0 Å². The highest BCUT2D eigenvalue weighted by atomic mass is 14.9. The van der Waals surface area contributed by atoms with E-state index in [1.54, 1.807) is 0 Å². The SMILES string of the molecule is CC1(C)c2ccccc2-c2cc(-c3cccc(-c4cc(-c5ccccc5)nc(-c5ccc(-c6ccccn6)cc5)n4)c3)ccc21. The van der Waals surface area contributed by atoms with Crippen LogP contribution in [-0.2, 0) is 5.41 Å². The molecule has 0 amide bonds. The molecule has 0 fully saturated rings. The van der Waals surface area contributed by atoms with Crippen LogP contribution in [-0.4, -0.2) is 15.0 Å². The molecule has 0 atom stereocenters. The van der Waals surface area contributed by atoms with Gasteiger partial charge in [0.2, 0.25) is 0 Å². The van der Waals surface area contributed by atoms with Crippen LogP contribution in [0.3, 0.4) is 0 Å². The molecule has 0 radical (unpaired) electrons. The number of benzene rings is 5. The summed E-state index contributed by atoms with van der Waals surface area (Å²) >= 11 is 0. The highest BCUT2D eigenvalue weighted by molar-refractivity contribution is 5.85. The van der Waals surface area contributed by atoms with Crippen LogP contribution >= 0.6 is 0 Å². The van der Waals surface area contributed by atoms with E-state index in [4.69, 9.17) is 9.97 Å². The number of nitrogens with zero attached hydrogens (tertiary/aromatic N) is 3. The average Bonchev–Trinajstić information content (AvgIpc) is 3.34. The maximum atomic E-state index is 5.12. The smallest absolute Gasteiger partial charge is 0.160 e. The first-order chi connectivity index (χ1) is 22.0. The monoisotopic (exact) mass is 577 g/mol. The Balaban J connectivity index is 1.21. The first-order valence-corrected chi connectivity index (χ1v) is 15.4. The molecule has 2 heterocycles. The molecule has 5 aromatic carbocycles. The van der Waals surface area contributed by atoms with Gasteiger partial charge in [0.15, 0.2) is 5.82 Å². The van der Waals surface area contributed by atoms with Crippen molar-refractivity contribution in [3.05, 3.63) is 163 Å². The van der Waals surface area contributed by atoms with Crippen molar-refractivity contribution in [2.24, 2.45) is 0 Å². The summed E-state index contributed by atoms with van der Waals surface area (Å²) in [5.74, 6) is 0.695. The van der Waals surface area contributed by atoms with E-state index in [0.29, 0.717) is 5.82 Å². The second-order valence-corrected chi connectivity index (χ2v) is 12.1. The van der Waals surface area contributed by atoms with E-state index in [-0.39, 0.29) is 5.41 Å². The Bertz CT molecular complexity index is 2170. The van der Waals surface area contributed by atoms with E-state index in [9.17, 15) is 0 Å². The second-order valence-electron chi connectivity index (χ2n) is 12.1. The molecule has 2 aromatic heterocycles. The van der Waals surface area contributed by atoms with Gasteiger partial charge in [-0.3, -0.25) is 4.98 Å². The molecule has 0 bridgehead atoms. The predicted octanol–water partition coefficient (Wildman–Crippen LogP) is 10.5. The minimum absolute atomic E-state index is 0.00663. The summed E-state index contributed by atoms with van der Waals surface area (Å²) in [6.45, 7) is 4.64. The van der Waals surface area contributed by atoms with Crippen molar-refractivity contribution < 1.29 is 0 Å². The number of aromatic nitrogens is 3. The molecule has 214 valence electrons. The third-order valence-electron chi connectivity index (χ3n) is 8.97. The highest BCUT2D eigenvalue weighted by Gasteiger charge is 2.35. The molecular formula is C42H31N3. The maximum Gasteiger partial charge on any atom is 0.160 e. The molecule has 0 aliphatic heterocycles. The number of rotatable bonds is 5. The summed E-state index contributed by atoms with van der Waals surface area (Å²) in [6, 6.07) is 51.1. The largest absolute Gasteiger partial charge is 0.256 e. The van der Waals surface area contributed by atoms with E-state index in [0.717, 1.165) is 39.3 Å². The molecule has 0 saturated heterocycles. The Morgan fingerprint density at radius 3 is 1.80 bits per heavy atom. The fourth-order valence-corrected chi connectivity index (χ4v) is 6.56. The topological polar surface area (TPSA) is 38.7 Å². The van der Waals surface area contributed by atoms with Gasteiger partial charge in [0.25, 0.3) is 0 Å². The Morgan fingerprint density at radius 2 is 1.00 bits per heavy atom. The van der Waals surface area contributed by atoms with Crippen molar-refractivity contribution in [2.75, 3.05) is 0 Å². The van der Waals surface area contributed by atoms with Gasteiger partial charge in [-0.25, -0.2) is 9.97 Å². The van der Waals surface area contributed by atoms with Crippen LogP contribution in [0, 0.1) is 0 Å². The van der Waals surface area contributed by atoms with Crippen molar-refractivity contribution in [1.29, 1.82) is 0 Å². The number of hydrogen-bond acceptors (Lipinski definition) is 3. The van der Waals surface area contributed by atoms with E-state index in [1.165, 1.54) is 33.4 Å². The van der Waals surface area contributed by atoms with Gasteiger partial charge in [0.1, 0.15) is 0 Å². The van der Waals surface area contributed by atoms with Crippen LogP contribution in [0.2, 0.25) is 0 Å². The fraction of sp³-hybridized carbons (Fsp3) is 0.0714. The Morgan fingerprint density at radius 1 is 0.400 bits per heavy atom. The quantitative estimate of drug-likeness (QED) is 0.204. The Hall–Kier alpha value is -5.67. The average molecular weight is 578 g/mol. The van der Waals surface area contributed by atoms with Crippen molar-refractivity contribution >= 4 is 0 Å². The lowest BCUT2D eigenvalue weighted by Gasteiger charge is -2.21. The van der Waals surface area contributed by atoms with E-state index in [1.807, 2.05) is 42.6 Å². The van der Waals surface area contributed by atoms with Crippen molar-refractivity contribution in [2.45, 2.75) is 19.3 Å². The van der Waals surface area contributed by atoms with Crippen LogP contribution in [0.5, 0.6) is 0 Å². The minimum Gasteiger partial charge on any atom is -0.256 e. The predicted molar refractivity (Wildman–Crippen MR) is 185 cm³/mol. The third kappa shape index (κ3) is 4.83. The fourth-order valence-electron chi connectivity index (χ4n) is 6.56. The molecule has 0 saturated carbocycles. The summed E-state index contributed by atoms with van der Waals surface area (Å²) < 4.78 is 0. The minimum atomic E-state index is -0.00663. The Kier molecular flexibility index (Phi) is 6.46. The van der Waals surface area contributed by atoms with Gasteiger partial charge in [0.05, 0.1) is 17.1 Å². The van der Waals surface area contributed by atoms with Gasteiger partial charge in [-0.1, -0.05) is 129 Å². The standard InChI is InChI=1S/C42H31N3/c1-42(2)36-16-7-6-15-34(36)35-26-32(22-23-37(35)42)31-13-10-14-33(25-31)40-27-39(28-11-4-3-5-12-28)44-41(45-40)30-20-18-29(19-21-30)38-17-8-9-24-43-38/h3-27H,1-2H3. The lowest BCUT2D eigenvalue weighted by atomic mass is 9.82. The molecule has 8 rings (SSSR count). The molecule has 3 nitrogen and oxygen atoms in total. The molecule has 1 aliphatic carbocycles.